The molecule has 0 bridgehead atoms. The number of anilines is 1. The van der Waals surface area contributed by atoms with Gasteiger partial charge in [0.1, 0.15) is 10.6 Å². The molecule has 0 aliphatic heterocycles. The Morgan fingerprint density at radius 1 is 1.21 bits per heavy atom. The second-order valence-electron chi connectivity index (χ2n) is 7.16. The highest BCUT2D eigenvalue weighted by Crippen LogP contribution is 2.38. The zero-order valence-electron chi connectivity index (χ0n) is 16.2. The summed E-state index contributed by atoms with van der Waals surface area (Å²) in [6.07, 6.45) is 6.90. The van der Waals surface area contributed by atoms with Crippen molar-refractivity contribution in [1.82, 2.24) is 5.32 Å². The number of hydrogen-bond donors (Lipinski definition) is 2. The summed E-state index contributed by atoms with van der Waals surface area (Å²) < 4.78 is 5.60. The first-order valence-corrected chi connectivity index (χ1v) is 10.6. The molecule has 0 saturated carbocycles. The molecule has 146 valence electrons. The van der Waals surface area contributed by atoms with E-state index in [4.69, 9.17) is 4.42 Å². The lowest BCUT2D eigenvalue weighted by Crippen LogP contribution is -2.22. The fourth-order valence-corrected chi connectivity index (χ4v) is 5.15. The molecule has 1 aromatic carbocycles. The second-order valence-corrected chi connectivity index (χ2v) is 8.27. The molecule has 2 heterocycles. The zero-order chi connectivity index (χ0) is 19.7. The summed E-state index contributed by atoms with van der Waals surface area (Å²) in [5.74, 6) is -0.260. The summed E-state index contributed by atoms with van der Waals surface area (Å²) in [5, 5.41) is 7.35. The first-order valence-electron chi connectivity index (χ1n) is 9.76. The molecule has 6 heteroatoms. The van der Waals surface area contributed by atoms with Crippen molar-refractivity contribution in [3.05, 3.63) is 51.6 Å². The third kappa shape index (κ3) is 3.44. The van der Waals surface area contributed by atoms with Crippen LogP contribution in [0.5, 0.6) is 0 Å². The van der Waals surface area contributed by atoms with Crippen molar-refractivity contribution in [2.75, 3.05) is 12.4 Å². The maximum Gasteiger partial charge on any atom is 0.254 e. The molecule has 1 aliphatic carbocycles. The Bertz CT molecular complexity index is 1050. The fraction of sp³-hybridized carbons (Fsp3) is 0.364. The van der Waals surface area contributed by atoms with Crippen molar-refractivity contribution < 1.29 is 14.0 Å². The highest BCUT2D eigenvalue weighted by molar-refractivity contribution is 7.17. The maximum absolute atomic E-state index is 12.8. The fourth-order valence-electron chi connectivity index (χ4n) is 3.85. The van der Waals surface area contributed by atoms with Crippen LogP contribution in [0, 0.1) is 0 Å². The van der Waals surface area contributed by atoms with E-state index in [-0.39, 0.29) is 18.2 Å². The average molecular weight is 397 g/mol. The number of benzene rings is 1. The van der Waals surface area contributed by atoms with Crippen LogP contribution in [0.25, 0.3) is 11.0 Å². The van der Waals surface area contributed by atoms with Crippen LogP contribution in [0.2, 0.25) is 0 Å². The van der Waals surface area contributed by atoms with Crippen molar-refractivity contribution in [2.24, 2.45) is 0 Å². The van der Waals surface area contributed by atoms with Crippen molar-refractivity contribution >= 4 is 39.1 Å². The van der Waals surface area contributed by atoms with Gasteiger partial charge in [-0.25, -0.2) is 0 Å². The molecule has 1 aliphatic rings. The van der Waals surface area contributed by atoms with Gasteiger partial charge in [-0.2, -0.15) is 0 Å². The van der Waals surface area contributed by atoms with Crippen molar-refractivity contribution in [3.63, 3.8) is 0 Å². The Balaban J connectivity index is 1.59. The minimum Gasteiger partial charge on any atom is -0.464 e. The van der Waals surface area contributed by atoms with Gasteiger partial charge >= 0.3 is 0 Å². The van der Waals surface area contributed by atoms with Crippen LogP contribution < -0.4 is 10.6 Å². The molecular formula is C22H24N2O3S. The number of hydrogen-bond acceptors (Lipinski definition) is 4. The number of fused-ring (bicyclic) bond motifs is 2. The second kappa shape index (κ2) is 7.80. The van der Waals surface area contributed by atoms with Gasteiger partial charge in [0, 0.05) is 22.9 Å². The number of thiophene rings is 1. The molecule has 28 heavy (non-hydrogen) atoms. The quantitative estimate of drug-likeness (QED) is 0.668. The summed E-state index contributed by atoms with van der Waals surface area (Å²) in [5.41, 5.74) is 4.61. The van der Waals surface area contributed by atoms with Gasteiger partial charge in [0.15, 0.2) is 0 Å². The number of amides is 2. The van der Waals surface area contributed by atoms with Crippen LogP contribution in [0.1, 0.15) is 51.7 Å². The van der Waals surface area contributed by atoms with Gasteiger partial charge in [-0.3, -0.25) is 9.59 Å². The smallest absolute Gasteiger partial charge is 0.254 e. The van der Waals surface area contributed by atoms with Gasteiger partial charge < -0.3 is 15.1 Å². The van der Waals surface area contributed by atoms with Gasteiger partial charge in [-0.15, -0.1) is 11.3 Å². The molecule has 4 rings (SSSR count). The highest BCUT2D eigenvalue weighted by atomic mass is 32.1. The Hall–Kier alpha value is -2.60. The Kier molecular flexibility index (Phi) is 5.22. The zero-order valence-corrected chi connectivity index (χ0v) is 17.0. The predicted molar refractivity (Wildman–Crippen MR) is 112 cm³/mol. The monoisotopic (exact) mass is 396 g/mol. The SMILES string of the molecule is CCc1ccc2occ(CC(=O)Nc3sc4c(c3C(=O)NC)CCCC4)c2c1. The molecule has 0 fully saturated rings. The van der Waals surface area contributed by atoms with E-state index in [0.717, 1.165) is 54.2 Å². The third-order valence-electron chi connectivity index (χ3n) is 5.36. The lowest BCUT2D eigenvalue weighted by Gasteiger charge is -2.12. The first-order chi connectivity index (χ1) is 13.6. The molecule has 2 N–H and O–H groups in total. The van der Waals surface area contributed by atoms with Gasteiger partial charge in [0.25, 0.3) is 5.91 Å². The van der Waals surface area contributed by atoms with Crippen LogP contribution >= 0.6 is 11.3 Å². The van der Waals surface area contributed by atoms with Gasteiger partial charge in [0.05, 0.1) is 18.2 Å². The number of carbonyl (C=O) groups excluding carboxylic acids is 2. The van der Waals surface area contributed by atoms with E-state index >= 15 is 0 Å². The largest absolute Gasteiger partial charge is 0.464 e. The number of furan rings is 1. The summed E-state index contributed by atoms with van der Waals surface area (Å²) in [6, 6.07) is 6.08. The number of rotatable bonds is 5. The van der Waals surface area contributed by atoms with E-state index in [1.54, 1.807) is 24.6 Å². The number of carbonyl (C=O) groups is 2. The van der Waals surface area contributed by atoms with E-state index in [2.05, 4.69) is 23.6 Å². The van der Waals surface area contributed by atoms with Crippen LogP contribution in [0.3, 0.4) is 0 Å². The molecule has 0 spiro atoms. The minimum atomic E-state index is -0.131. The van der Waals surface area contributed by atoms with Gasteiger partial charge in [-0.05, 0) is 55.4 Å². The van der Waals surface area contributed by atoms with Crippen molar-refractivity contribution in [2.45, 2.75) is 45.4 Å². The molecule has 0 radical (unpaired) electrons. The third-order valence-corrected chi connectivity index (χ3v) is 6.56. The lowest BCUT2D eigenvalue weighted by molar-refractivity contribution is -0.115. The predicted octanol–water partition coefficient (Wildman–Crippen LogP) is 4.48. The molecule has 0 atom stereocenters. The van der Waals surface area contributed by atoms with E-state index in [1.165, 1.54) is 10.4 Å². The Morgan fingerprint density at radius 3 is 2.82 bits per heavy atom. The standard InChI is InChI=1S/C22H24N2O3S/c1-3-13-8-9-17-16(10-13)14(12-27-17)11-19(25)24-22-20(21(26)23-2)15-6-4-5-7-18(15)28-22/h8-10,12H,3-7,11H2,1-2H3,(H,23,26)(H,24,25). The highest BCUT2D eigenvalue weighted by Gasteiger charge is 2.26. The van der Waals surface area contributed by atoms with E-state index in [1.807, 2.05) is 12.1 Å². The van der Waals surface area contributed by atoms with Crippen LogP contribution in [-0.4, -0.2) is 18.9 Å². The minimum absolute atomic E-state index is 0.129. The summed E-state index contributed by atoms with van der Waals surface area (Å²) in [7, 11) is 1.63. The summed E-state index contributed by atoms with van der Waals surface area (Å²) in [4.78, 5) is 26.4. The maximum atomic E-state index is 12.8. The first kappa shape index (κ1) is 18.7. The molecular weight excluding hydrogens is 372 g/mol. The topological polar surface area (TPSA) is 71.3 Å². The Morgan fingerprint density at radius 2 is 2.04 bits per heavy atom. The van der Waals surface area contributed by atoms with Crippen molar-refractivity contribution in [3.8, 4) is 0 Å². The Labute approximate surface area is 168 Å². The molecule has 5 nitrogen and oxygen atoms in total. The molecule has 2 amide bonds. The summed E-state index contributed by atoms with van der Waals surface area (Å²) >= 11 is 1.54. The molecule has 2 aromatic heterocycles. The number of aryl methyl sites for hydroxylation is 2. The van der Waals surface area contributed by atoms with E-state index < -0.39 is 0 Å². The summed E-state index contributed by atoms with van der Waals surface area (Å²) in [6.45, 7) is 2.10. The van der Waals surface area contributed by atoms with E-state index in [9.17, 15) is 9.59 Å². The molecule has 0 unspecified atom stereocenters. The van der Waals surface area contributed by atoms with Crippen molar-refractivity contribution in [1.29, 1.82) is 0 Å². The normalized spacial score (nSPS) is 13.4. The van der Waals surface area contributed by atoms with Crippen LogP contribution in [0.4, 0.5) is 5.00 Å². The molecule has 0 saturated heterocycles. The van der Waals surface area contributed by atoms with E-state index in [0.29, 0.717) is 10.6 Å². The van der Waals surface area contributed by atoms with Crippen LogP contribution in [0.15, 0.2) is 28.9 Å². The van der Waals surface area contributed by atoms with Gasteiger partial charge in [0.2, 0.25) is 5.91 Å². The van der Waals surface area contributed by atoms with Crippen LogP contribution in [-0.2, 0) is 30.5 Å². The molecule has 3 aromatic rings. The number of nitrogens with one attached hydrogen (secondary N) is 2. The lowest BCUT2D eigenvalue weighted by atomic mass is 9.95. The van der Waals surface area contributed by atoms with Gasteiger partial charge in [-0.1, -0.05) is 13.0 Å². The average Bonchev–Trinajstić information content (AvgIpc) is 3.27.